The maximum Gasteiger partial charge on any atom is 0.209 e. The van der Waals surface area contributed by atoms with Crippen LogP contribution in [0.5, 0.6) is 0 Å². The van der Waals surface area contributed by atoms with Gasteiger partial charge in [0.2, 0.25) is 5.69 Å². The van der Waals surface area contributed by atoms with Gasteiger partial charge < -0.3 is 4.90 Å². The number of rotatable bonds is 6. The number of aryl methyl sites for hydroxylation is 1. The van der Waals surface area contributed by atoms with Gasteiger partial charge in [-0.25, -0.2) is 0 Å². The highest BCUT2D eigenvalue weighted by Crippen LogP contribution is 2.47. The van der Waals surface area contributed by atoms with Gasteiger partial charge in [0.15, 0.2) is 5.71 Å². The first-order chi connectivity index (χ1) is 15.6. The van der Waals surface area contributed by atoms with Gasteiger partial charge in [-0.2, -0.15) is 4.58 Å². The molecule has 33 heavy (non-hydrogen) atoms. The van der Waals surface area contributed by atoms with Gasteiger partial charge in [0.05, 0.1) is 5.41 Å². The fraction of sp³-hybridized carbons (Fsp3) is 0.400. The zero-order valence-electron chi connectivity index (χ0n) is 21.2. The highest BCUT2D eigenvalue weighted by molar-refractivity contribution is 6.03. The molecule has 2 heterocycles. The third-order valence-electron chi connectivity index (χ3n) is 7.63. The van der Waals surface area contributed by atoms with Gasteiger partial charge in [-0.15, -0.1) is 0 Å². The van der Waals surface area contributed by atoms with Crippen LogP contribution in [0.1, 0.15) is 64.2 Å². The van der Waals surface area contributed by atoms with E-state index in [4.69, 9.17) is 0 Å². The van der Waals surface area contributed by atoms with Crippen molar-refractivity contribution in [3.05, 3.63) is 83.1 Å². The first kappa shape index (κ1) is 23.2. The smallest absolute Gasteiger partial charge is 0.209 e. The van der Waals surface area contributed by atoms with E-state index >= 15 is 0 Å². The van der Waals surface area contributed by atoms with Crippen molar-refractivity contribution in [3.63, 3.8) is 0 Å². The molecule has 0 bridgehead atoms. The summed E-state index contributed by atoms with van der Waals surface area (Å²) in [6.07, 6.45) is 8.80. The summed E-state index contributed by atoms with van der Waals surface area (Å²) in [6.45, 7) is 11.1. The molecule has 172 valence electrons. The lowest BCUT2D eigenvalue weighted by molar-refractivity contribution is -0.401. The summed E-state index contributed by atoms with van der Waals surface area (Å²) >= 11 is 0. The lowest BCUT2D eigenvalue weighted by Gasteiger charge is -2.24. The zero-order valence-corrected chi connectivity index (χ0v) is 21.2. The van der Waals surface area contributed by atoms with Crippen LogP contribution in [-0.4, -0.2) is 30.2 Å². The van der Waals surface area contributed by atoms with Crippen molar-refractivity contribution >= 4 is 22.9 Å². The number of benzene rings is 2. The summed E-state index contributed by atoms with van der Waals surface area (Å²) in [7, 11) is 4.31. The van der Waals surface area contributed by atoms with Crippen molar-refractivity contribution in [1.29, 1.82) is 0 Å². The number of carbonyl (C=O) groups excluding carboxylic acids is 1. The summed E-state index contributed by atoms with van der Waals surface area (Å²) in [5.74, 6) is 0.331. The number of likely N-dealkylation sites (N-methyl/N-ethyl adjacent to an activating group) is 1. The third kappa shape index (κ3) is 3.88. The van der Waals surface area contributed by atoms with Gasteiger partial charge in [-0.1, -0.05) is 57.2 Å². The Morgan fingerprint density at radius 2 is 1.76 bits per heavy atom. The van der Waals surface area contributed by atoms with E-state index in [0.717, 1.165) is 6.42 Å². The predicted octanol–water partition coefficient (Wildman–Crippen LogP) is 6.47. The Hall–Kier alpha value is -2.94. The molecule has 2 aliphatic rings. The van der Waals surface area contributed by atoms with Crippen LogP contribution in [0.15, 0.2) is 66.4 Å². The van der Waals surface area contributed by atoms with E-state index < -0.39 is 0 Å². The minimum Gasteiger partial charge on any atom is -0.347 e. The van der Waals surface area contributed by atoms with Gasteiger partial charge >= 0.3 is 0 Å². The number of ketones is 1. The average molecular weight is 442 g/mol. The molecule has 0 unspecified atom stereocenters. The van der Waals surface area contributed by atoms with E-state index in [1.54, 1.807) is 0 Å². The van der Waals surface area contributed by atoms with Crippen molar-refractivity contribution in [2.24, 2.45) is 0 Å². The Bertz CT molecular complexity index is 1190. The molecular weight excluding hydrogens is 404 g/mol. The van der Waals surface area contributed by atoms with E-state index in [2.05, 4.69) is 112 Å². The van der Waals surface area contributed by atoms with Gasteiger partial charge in [-0.05, 0) is 43.5 Å². The Morgan fingerprint density at radius 1 is 1.03 bits per heavy atom. The molecule has 0 saturated carbocycles. The monoisotopic (exact) mass is 441 g/mol. The van der Waals surface area contributed by atoms with Gasteiger partial charge in [0.25, 0.3) is 0 Å². The van der Waals surface area contributed by atoms with Crippen molar-refractivity contribution in [1.82, 2.24) is 0 Å². The minimum absolute atomic E-state index is 0.0226. The molecule has 2 aromatic carbocycles. The molecule has 3 nitrogen and oxygen atoms in total. The molecule has 0 radical (unpaired) electrons. The maximum atomic E-state index is 11.8. The van der Waals surface area contributed by atoms with Gasteiger partial charge in [0, 0.05) is 54.4 Å². The summed E-state index contributed by atoms with van der Waals surface area (Å²) in [6, 6.07) is 15.4. The average Bonchev–Trinajstić information content (AvgIpc) is 3.11. The van der Waals surface area contributed by atoms with Crippen LogP contribution >= 0.6 is 0 Å². The van der Waals surface area contributed by atoms with Crippen molar-refractivity contribution in [2.75, 3.05) is 19.0 Å². The fourth-order valence-corrected chi connectivity index (χ4v) is 5.53. The largest absolute Gasteiger partial charge is 0.347 e. The van der Waals surface area contributed by atoms with Crippen LogP contribution in [0.4, 0.5) is 11.4 Å². The predicted molar refractivity (Wildman–Crippen MR) is 139 cm³/mol. The van der Waals surface area contributed by atoms with Gasteiger partial charge in [-0.3, -0.25) is 4.79 Å². The molecule has 0 aliphatic carbocycles. The number of Topliss-reactive ketones (excluding diaryl/α,β-unsaturated/α-hetero) is 1. The van der Waals surface area contributed by atoms with Crippen LogP contribution < -0.4 is 4.90 Å². The second-order valence-corrected chi connectivity index (χ2v) is 10.4. The van der Waals surface area contributed by atoms with Crippen molar-refractivity contribution < 1.29 is 9.37 Å². The van der Waals surface area contributed by atoms with E-state index in [0.29, 0.717) is 18.6 Å². The minimum atomic E-state index is -0.0933. The molecule has 0 amide bonds. The number of fused-ring (bicyclic) bond motifs is 2. The highest BCUT2D eigenvalue weighted by atomic mass is 16.1. The van der Waals surface area contributed by atoms with Gasteiger partial charge in [0.1, 0.15) is 12.8 Å². The second-order valence-electron chi connectivity index (χ2n) is 10.4. The first-order valence-electron chi connectivity index (χ1n) is 12.1. The molecule has 0 saturated heterocycles. The topological polar surface area (TPSA) is 23.3 Å². The third-order valence-corrected chi connectivity index (χ3v) is 7.63. The van der Waals surface area contributed by atoms with Crippen molar-refractivity contribution in [3.8, 4) is 0 Å². The Labute approximate surface area is 199 Å². The molecule has 0 atom stereocenters. The Balaban J connectivity index is 1.62. The summed E-state index contributed by atoms with van der Waals surface area (Å²) in [5, 5.41) is 0. The molecule has 0 fully saturated rings. The highest BCUT2D eigenvalue weighted by Gasteiger charge is 2.42. The van der Waals surface area contributed by atoms with Crippen LogP contribution in [-0.2, 0) is 22.0 Å². The fourth-order valence-electron chi connectivity index (χ4n) is 5.53. The molecule has 0 N–H and O–H groups in total. The number of anilines is 1. The van der Waals surface area contributed by atoms with E-state index in [1.165, 1.54) is 39.5 Å². The SMILES string of the molecule is CCC(=O)CCc1ccc2c(c1)C(C)(C)/C(=C\C=C\C1=[N+](C)c3ccccc3C1(C)C)N2C. The molecule has 2 aliphatic heterocycles. The summed E-state index contributed by atoms with van der Waals surface area (Å²) < 4.78 is 2.31. The lowest BCUT2D eigenvalue weighted by atomic mass is 9.81. The number of carbonyl (C=O) groups is 1. The molecule has 4 rings (SSSR count). The number of para-hydroxylation sites is 1. The van der Waals surface area contributed by atoms with E-state index in [1.807, 2.05) is 6.92 Å². The van der Waals surface area contributed by atoms with Crippen molar-refractivity contribution in [2.45, 2.75) is 64.7 Å². The van der Waals surface area contributed by atoms with Crippen LogP contribution in [0.2, 0.25) is 0 Å². The van der Waals surface area contributed by atoms with Crippen LogP contribution in [0.3, 0.4) is 0 Å². The Morgan fingerprint density at radius 3 is 2.45 bits per heavy atom. The number of allylic oxidation sites excluding steroid dienone is 4. The normalized spacial score (nSPS) is 19.5. The molecule has 0 aromatic heterocycles. The lowest BCUT2D eigenvalue weighted by Crippen LogP contribution is -2.26. The van der Waals surface area contributed by atoms with Crippen LogP contribution in [0, 0.1) is 0 Å². The Kier molecular flexibility index (Phi) is 5.94. The number of hydrogen-bond acceptors (Lipinski definition) is 2. The summed E-state index contributed by atoms with van der Waals surface area (Å²) in [5.41, 5.74) is 8.97. The molecule has 0 spiro atoms. The standard InChI is InChI=1S/C30H37N2O/c1-8-22(33)18-16-21-17-19-26-24(20-21)30(4,5)28(32(26)7)15-11-14-27-29(2,3)23-12-9-10-13-25(23)31(27)6/h9-15,17,19-20H,8,16,18H2,1-7H3/q+1. The molecular formula is C30H37N2O+. The zero-order chi connectivity index (χ0) is 24.0. The first-order valence-corrected chi connectivity index (χ1v) is 12.1. The summed E-state index contributed by atoms with van der Waals surface area (Å²) in [4.78, 5) is 14.1. The van der Waals surface area contributed by atoms with E-state index in [-0.39, 0.29) is 10.8 Å². The second kappa shape index (κ2) is 8.44. The quantitative estimate of drug-likeness (QED) is 0.480. The molecule has 2 aromatic rings. The number of nitrogens with zero attached hydrogens (tertiary/aromatic N) is 2. The van der Waals surface area contributed by atoms with E-state index in [9.17, 15) is 4.79 Å². The molecule has 3 heteroatoms. The maximum absolute atomic E-state index is 11.8. The van der Waals surface area contributed by atoms with Crippen LogP contribution in [0.25, 0.3) is 0 Å². The number of hydrogen-bond donors (Lipinski definition) is 0.